The van der Waals surface area contributed by atoms with Crippen LogP contribution in [0.1, 0.15) is 100 Å². The number of carbonyl (C=O) groups excluding carboxylic acids is 1. The number of hydrogen-bond donors (Lipinski definition) is 6. The maximum atomic E-state index is 14.5. The molecule has 0 amide bonds. The SMILES string of the molecule is CC[C@H]1OC(=O)[C@H](C)[C@@H](O[C@H]2C[C@@](C)(OC)[C@@H](O)[C@H](C)O2)[C@H](C)[C@@H](O[C@@H]2O[C@H](C)C[C@H](N(C)C)[C@H]2O)[C@@](C)(O)C[C@@H](C)CN(C(=S)Nc2cccc(C(F)(F)F)c2)[C@H](C)[C@@H](O)[C@]1(C)O. The second-order valence-electron chi connectivity index (χ2n) is 19.4. The van der Waals surface area contributed by atoms with E-state index in [-0.39, 0.29) is 48.8 Å². The smallest absolute Gasteiger partial charge is 0.416 e. The van der Waals surface area contributed by atoms with Crippen LogP contribution in [0.3, 0.4) is 0 Å². The Morgan fingerprint density at radius 3 is 2.22 bits per heavy atom. The molecule has 1 aromatic rings. The number of aliphatic hydroxyl groups excluding tert-OH is 3. The number of esters is 1. The number of likely N-dealkylation sites (N-methyl/N-ethyl adjacent to an activating group) is 1. The molecule has 1 aromatic carbocycles. The van der Waals surface area contributed by atoms with Crippen LogP contribution in [0, 0.1) is 17.8 Å². The molecule has 0 aliphatic carbocycles. The summed E-state index contributed by atoms with van der Waals surface area (Å²) in [5, 5.41) is 62.4. The molecule has 3 aliphatic heterocycles. The Morgan fingerprint density at radius 2 is 1.64 bits per heavy atom. The lowest BCUT2D eigenvalue weighted by Gasteiger charge is -2.49. The summed E-state index contributed by atoms with van der Waals surface area (Å²) >= 11 is 5.82. The van der Waals surface area contributed by atoms with Gasteiger partial charge in [0.25, 0.3) is 0 Å². The Bertz CT molecular complexity index is 1710. The summed E-state index contributed by atoms with van der Waals surface area (Å²) in [5.74, 6) is -3.40. The summed E-state index contributed by atoms with van der Waals surface area (Å²) < 4.78 is 78.8. The molecule has 0 spiro atoms. The van der Waals surface area contributed by atoms with E-state index in [4.69, 9.17) is 40.6 Å². The molecular formula is C45H74F3N3O12S. The van der Waals surface area contributed by atoms with Gasteiger partial charge in [0, 0.05) is 37.7 Å². The molecule has 64 heavy (non-hydrogen) atoms. The highest BCUT2D eigenvalue weighted by molar-refractivity contribution is 7.80. The molecule has 368 valence electrons. The van der Waals surface area contributed by atoms with Crippen molar-refractivity contribution in [2.75, 3.05) is 33.1 Å². The number of anilines is 1. The number of nitrogens with zero attached hydrogens (tertiary/aromatic N) is 2. The predicted molar refractivity (Wildman–Crippen MR) is 236 cm³/mol. The minimum absolute atomic E-state index is 0.00269. The Hall–Kier alpha value is -2.27. The number of alkyl halides is 3. The van der Waals surface area contributed by atoms with Gasteiger partial charge >= 0.3 is 12.1 Å². The van der Waals surface area contributed by atoms with Crippen LogP contribution < -0.4 is 5.32 Å². The Kier molecular flexibility index (Phi) is 18.1. The number of ether oxygens (including phenoxy) is 6. The molecule has 19 heteroatoms. The lowest BCUT2D eigenvalue weighted by atomic mass is 9.77. The first-order valence-electron chi connectivity index (χ1n) is 22.3. The highest BCUT2D eigenvalue weighted by Gasteiger charge is 2.53. The molecule has 3 aliphatic rings. The fraction of sp³-hybridized carbons (Fsp3) is 0.822. The zero-order chi connectivity index (χ0) is 48.4. The number of methoxy groups -OCH3 is 1. The zero-order valence-electron chi connectivity index (χ0n) is 39.5. The number of carbonyl (C=O) groups is 1. The molecule has 6 N–H and O–H groups in total. The fourth-order valence-electron chi connectivity index (χ4n) is 9.75. The zero-order valence-corrected chi connectivity index (χ0v) is 40.4. The van der Waals surface area contributed by atoms with Crippen LogP contribution in [0.2, 0.25) is 0 Å². The summed E-state index contributed by atoms with van der Waals surface area (Å²) in [6.07, 6.45) is -15.0. The number of cyclic esters (lactones) is 1. The third kappa shape index (κ3) is 12.4. The van der Waals surface area contributed by atoms with E-state index in [0.717, 1.165) is 12.1 Å². The average Bonchev–Trinajstić information content (AvgIpc) is 3.20. The van der Waals surface area contributed by atoms with Crippen molar-refractivity contribution in [3.63, 3.8) is 0 Å². The Balaban J connectivity index is 1.86. The van der Waals surface area contributed by atoms with Gasteiger partial charge in [-0.2, -0.15) is 13.2 Å². The van der Waals surface area contributed by atoms with Gasteiger partial charge in [-0.05, 0) is 118 Å². The van der Waals surface area contributed by atoms with Crippen LogP contribution in [0.15, 0.2) is 24.3 Å². The van der Waals surface area contributed by atoms with Crippen molar-refractivity contribution in [1.82, 2.24) is 9.80 Å². The number of nitrogens with one attached hydrogen (secondary N) is 1. The number of aliphatic hydroxyl groups is 5. The van der Waals surface area contributed by atoms with Gasteiger partial charge in [0.05, 0.1) is 53.1 Å². The quantitative estimate of drug-likeness (QED) is 0.155. The number of thiocarbonyl (C=S) groups is 1. The van der Waals surface area contributed by atoms with E-state index >= 15 is 0 Å². The second kappa shape index (κ2) is 21.4. The standard InChI is InChI=1S/C45H74F3N3O12S/c1-14-32-44(10,57)36(53)27(6)51(41(64)49-30-17-15-16-29(19-30)45(46,47)48)22-23(2)20-42(8,56)38(63-40-34(52)31(50(11)12)18-24(3)59-40)25(4)35(26(5)39(55)61-32)62-33-21-43(9,58-13)37(54)28(7)60-33/h15-17,19,23-28,31-38,40,52-54,56-57H,14,18,20-22H2,1-13H3,(H,49,64)/t23-,24-,25+,26-,27-,28+,31+,32-,33+,34-,35+,36-,37+,38-,40+,42+,43-,44-/m1/s1. The molecule has 15 nitrogen and oxygen atoms in total. The highest BCUT2D eigenvalue weighted by atomic mass is 32.1. The van der Waals surface area contributed by atoms with Crippen LogP contribution in [-0.4, -0.2) is 164 Å². The van der Waals surface area contributed by atoms with Gasteiger partial charge in [-0.3, -0.25) is 4.79 Å². The highest BCUT2D eigenvalue weighted by Crippen LogP contribution is 2.41. The first-order valence-corrected chi connectivity index (χ1v) is 22.7. The van der Waals surface area contributed by atoms with Crippen molar-refractivity contribution >= 4 is 29.0 Å². The number of hydrogen-bond acceptors (Lipinski definition) is 14. The van der Waals surface area contributed by atoms with E-state index in [1.165, 1.54) is 31.1 Å². The van der Waals surface area contributed by atoms with Gasteiger partial charge in [0.15, 0.2) is 17.7 Å². The van der Waals surface area contributed by atoms with Crippen LogP contribution in [-0.2, 0) is 39.4 Å². The molecule has 0 bridgehead atoms. The summed E-state index contributed by atoms with van der Waals surface area (Å²) in [6, 6.07) is 3.06. The molecule has 3 saturated heterocycles. The topological polar surface area (TPSA) is 192 Å². The molecule has 4 rings (SSSR count). The minimum Gasteiger partial charge on any atom is -0.459 e. The van der Waals surface area contributed by atoms with E-state index in [1.54, 1.807) is 48.5 Å². The lowest BCUT2D eigenvalue weighted by Crippen LogP contribution is -2.61. The largest absolute Gasteiger partial charge is 0.459 e. The van der Waals surface area contributed by atoms with Gasteiger partial charge in [0.1, 0.15) is 30.0 Å². The van der Waals surface area contributed by atoms with E-state index < -0.39 is 114 Å². The van der Waals surface area contributed by atoms with E-state index in [1.807, 2.05) is 32.8 Å². The van der Waals surface area contributed by atoms with E-state index in [2.05, 4.69) is 5.32 Å². The summed E-state index contributed by atoms with van der Waals surface area (Å²) in [7, 11) is 5.13. The van der Waals surface area contributed by atoms with Gasteiger partial charge in [-0.1, -0.05) is 26.8 Å². The third-order valence-electron chi connectivity index (χ3n) is 13.6. The molecule has 3 heterocycles. The molecule has 18 atom stereocenters. The minimum atomic E-state index is -4.63. The molecule has 0 unspecified atom stereocenters. The van der Waals surface area contributed by atoms with Gasteiger partial charge in [-0.25, -0.2) is 0 Å². The lowest BCUT2D eigenvalue weighted by molar-refractivity contribution is -0.318. The summed E-state index contributed by atoms with van der Waals surface area (Å²) in [5.41, 5.74) is -5.90. The summed E-state index contributed by atoms with van der Waals surface area (Å²) in [4.78, 5) is 17.9. The van der Waals surface area contributed by atoms with Crippen molar-refractivity contribution in [1.29, 1.82) is 0 Å². The molecular weight excluding hydrogens is 864 g/mol. The normalized spacial score (nSPS) is 42.4. The van der Waals surface area contributed by atoms with E-state index in [9.17, 15) is 43.5 Å². The maximum Gasteiger partial charge on any atom is 0.416 e. The second-order valence-corrected chi connectivity index (χ2v) is 19.8. The molecule has 3 fully saturated rings. The Labute approximate surface area is 381 Å². The van der Waals surface area contributed by atoms with Crippen LogP contribution >= 0.6 is 12.2 Å². The summed E-state index contributed by atoms with van der Waals surface area (Å²) in [6.45, 7) is 16.5. The third-order valence-corrected chi connectivity index (χ3v) is 14.0. The van der Waals surface area contributed by atoms with Crippen molar-refractivity contribution < 1.29 is 71.9 Å². The molecule has 0 saturated carbocycles. The van der Waals surface area contributed by atoms with Crippen molar-refractivity contribution in [2.24, 2.45) is 17.8 Å². The molecule has 0 aromatic heterocycles. The molecule has 0 radical (unpaired) electrons. The van der Waals surface area contributed by atoms with Gasteiger partial charge in [0.2, 0.25) is 0 Å². The average molecular weight is 938 g/mol. The predicted octanol–water partition coefficient (Wildman–Crippen LogP) is 4.69. The van der Waals surface area contributed by atoms with Crippen molar-refractivity contribution in [2.45, 2.75) is 191 Å². The number of rotatable bonds is 8. The van der Waals surface area contributed by atoms with E-state index in [0.29, 0.717) is 6.42 Å². The van der Waals surface area contributed by atoms with Crippen molar-refractivity contribution in [3.8, 4) is 0 Å². The van der Waals surface area contributed by atoms with Gasteiger partial charge in [-0.15, -0.1) is 0 Å². The number of halogens is 3. The van der Waals surface area contributed by atoms with Crippen molar-refractivity contribution in [3.05, 3.63) is 29.8 Å². The fourth-order valence-corrected chi connectivity index (χ4v) is 10.1. The first-order chi connectivity index (χ1) is 29.5. The number of benzene rings is 1. The van der Waals surface area contributed by atoms with Crippen LogP contribution in [0.4, 0.5) is 18.9 Å². The Morgan fingerprint density at radius 1 is 1.00 bits per heavy atom. The van der Waals surface area contributed by atoms with Crippen LogP contribution in [0.5, 0.6) is 0 Å². The van der Waals surface area contributed by atoms with Crippen LogP contribution in [0.25, 0.3) is 0 Å². The first kappa shape index (κ1) is 54.3. The maximum absolute atomic E-state index is 14.5. The monoisotopic (exact) mass is 937 g/mol. The van der Waals surface area contributed by atoms with Gasteiger partial charge < -0.3 is 69.1 Å².